The Morgan fingerprint density at radius 1 is 1.23 bits per heavy atom. The third kappa shape index (κ3) is 7.64. The van der Waals surface area contributed by atoms with Crippen molar-refractivity contribution in [1.29, 1.82) is 0 Å². The molecule has 0 saturated carbocycles. The minimum atomic E-state index is 0. The van der Waals surface area contributed by atoms with E-state index in [0.29, 0.717) is 12.6 Å². The first-order valence-electron chi connectivity index (χ1n) is 10.9. The molecular weight excluding hydrogens is 505 g/mol. The lowest BCUT2D eigenvalue weighted by Crippen LogP contribution is -2.45. The Morgan fingerprint density at radius 3 is 2.68 bits per heavy atom. The molecule has 2 heterocycles. The summed E-state index contributed by atoms with van der Waals surface area (Å²) in [6.07, 6.45) is 2.02. The number of anilines is 1. The Morgan fingerprint density at radius 2 is 2.00 bits per heavy atom. The number of nitrogens with one attached hydrogen (secondary N) is 2. The van der Waals surface area contributed by atoms with Crippen LogP contribution in [0.4, 0.5) is 5.69 Å². The number of nitrogens with zero attached hydrogens (tertiary/aromatic N) is 5. The van der Waals surface area contributed by atoms with Crippen LogP contribution in [0, 0.1) is 13.8 Å². The van der Waals surface area contributed by atoms with Crippen LogP contribution in [0.3, 0.4) is 0 Å². The van der Waals surface area contributed by atoms with E-state index in [9.17, 15) is 0 Å². The lowest BCUT2D eigenvalue weighted by atomic mass is 10.2. The molecule has 1 aromatic heterocycles. The van der Waals surface area contributed by atoms with Crippen molar-refractivity contribution in [1.82, 2.24) is 25.4 Å². The highest BCUT2D eigenvalue weighted by atomic mass is 127. The van der Waals surface area contributed by atoms with Crippen molar-refractivity contribution in [2.45, 2.75) is 46.2 Å². The zero-order chi connectivity index (χ0) is 21.3. The third-order valence-electron chi connectivity index (χ3n) is 5.45. The predicted octanol–water partition coefficient (Wildman–Crippen LogP) is 2.79. The summed E-state index contributed by atoms with van der Waals surface area (Å²) in [6.45, 7) is 10.9. The van der Waals surface area contributed by atoms with Gasteiger partial charge in [0.1, 0.15) is 12.4 Å². The number of halogens is 1. The molecule has 172 valence electrons. The molecule has 0 radical (unpaired) electrons. The molecule has 0 amide bonds. The van der Waals surface area contributed by atoms with Crippen LogP contribution in [0.1, 0.15) is 37.0 Å². The fourth-order valence-electron chi connectivity index (χ4n) is 3.48. The molecule has 1 saturated heterocycles. The molecule has 0 bridgehead atoms. The van der Waals surface area contributed by atoms with E-state index in [-0.39, 0.29) is 24.0 Å². The first-order chi connectivity index (χ1) is 14.6. The van der Waals surface area contributed by atoms with E-state index in [1.165, 1.54) is 11.3 Å². The van der Waals surface area contributed by atoms with Crippen molar-refractivity contribution in [3.63, 3.8) is 0 Å². The minimum Gasteiger partial charge on any atom is -0.382 e. The number of guanidine groups is 1. The van der Waals surface area contributed by atoms with Crippen LogP contribution >= 0.6 is 24.0 Å². The smallest absolute Gasteiger partial charge is 0.191 e. The van der Waals surface area contributed by atoms with E-state index in [1.54, 1.807) is 0 Å². The van der Waals surface area contributed by atoms with E-state index in [1.807, 2.05) is 25.5 Å². The van der Waals surface area contributed by atoms with Crippen LogP contribution < -0.4 is 15.5 Å². The first kappa shape index (κ1) is 25.4. The topological polar surface area (TPSA) is 79.6 Å². The quantitative estimate of drug-likeness (QED) is 0.220. The van der Waals surface area contributed by atoms with Gasteiger partial charge in [-0.05, 0) is 45.7 Å². The molecule has 1 atom stereocenters. The van der Waals surface area contributed by atoms with Gasteiger partial charge in [-0.1, -0.05) is 17.7 Å². The van der Waals surface area contributed by atoms with Gasteiger partial charge in [0.25, 0.3) is 0 Å². The molecule has 0 aliphatic carbocycles. The highest BCUT2D eigenvalue weighted by molar-refractivity contribution is 14.0. The second kappa shape index (κ2) is 12.8. The van der Waals surface area contributed by atoms with Crippen LogP contribution in [0.5, 0.6) is 0 Å². The average molecular weight is 541 g/mol. The number of aryl methyl sites for hydroxylation is 2. The van der Waals surface area contributed by atoms with E-state index >= 15 is 0 Å². The molecule has 3 rings (SSSR count). The van der Waals surface area contributed by atoms with Gasteiger partial charge >= 0.3 is 0 Å². The molecule has 0 spiro atoms. The van der Waals surface area contributed by atoms with Gasteiger partial charge in [-0.15, -0.1) is 34.2 Å². The maximum absolute atomic E-state index is 5.44. The summed E-state index contributed by atoms with van der Waals surface area (Å²) in [5.41, 5.74) is 2.57. The van der Waals surface area contributed by atoms with Crippen molar-refractivity contribution in [3.8, 4) is 0 Å². The second-order valence-electron chi connectivity index (χ2n) is 7.78. The van der Waals surface area contributed by atoms with Crippen molar-refractivity contribution in [3.05, 3.63) is 41.5 Å². The monoisotopic (exact) mass is 541 g/mol. The highest BCUT2D eigenvalue weighted by Gasteiger charge is 2.23. The standard InChI is InChI=1S/C22H35N7O.HI/c1-5-30-14-6-12-23-22(24-15-21-27-26-18(3)28(21)4)25-19-11-13-29(16-19)20-9-7-17(2)8-10-20;/h7-10,19H,5-6,11-16H2,1-4H3,(H2,23,24,25);1H. The third-order valence-corrected chi connectivity index (χ3v) is 5.45. The molecule has 1 unspecified atom stereocenters. The van der Waals surface area contributed by atoms with E-state index in [2.05, 4.69) is 56.9 Å². The van der Waals surface area contributed by atoms with Crippen LogP contribution in [0.2, 0.25) is 0 Å². The first-order valence-corrected chi connectivity index (χ1v) is 10.9. The highest BCUT2D eigenvalue weighted by Crippen LogP contribution is 2.20. The summed E-state index contributed by atoms with van der Waals surface area (Å²) in [5, 5.41) is 15.4. The Hall–Kier alpha value is -1.88. The number of aromatic nitrogens is 3. The lowest BCUT2D eigenvalue weighted by Gasteiger charge is -2.21. The number of benzene rings is 1. The summed E-state index contributed by atoms with van der Waals surface area (Å²) >= 11 is 0. The van der Waals surface area contributed by atoms with Gasteiger partial charge < -0.3 is 24.8 Å². The molecule has 1 fully saturated rings. The Labute approximate surface area is 202 Å². The fraction of sp³-hybridized carbons (Fsp3) is 0.591. The zero-order valence-electron chi connectivity index (χ0n) is 19.1. The largest absolute Gasteiger partial charge is 0.382 e. The van der Waals surface area contributed by atoms with Crippen LogP contribution in [-0.4, -0.2) is 59.6 Å². The van der Waals surface area contributed by atoms with Crippen LogP contribution in [0.25, 0.3) is 0 Å². The lowest BCUT2D eigenvalue weighted by molar-refractivity contribution is 0.145. The Balaban J connectivity index is 0.00000341. The number of ether oxygens (including phenoxy) is 1. The van der Waals surface area contributed by atoms with Gasteiger partial charge in [-0.25, -0.2) is 4.99 Å². The Bertz CT molecular complexity index is 822. The molecule has 1 aliphatic heterocycles. The normalized spacial score (nSPS) is 16.3. The predicted molar refractivity (Wildman–Crippen MR) is 136 cm³/mol. The van der Waals surface area contributed by atoms with Gasteiger partial charge in [0.2, 0.25) is 0 Å². The number of aliphatic imine (C=N–C) groups is 1. The van der Waals surface area contributed by atoms with Gasteiger partial charge in [-0.2, -0.15) is 0 Å². The summed E-state index contributed by atoms with van der Waals surface area (Å²) in [6, 6.07) is 9.10. The molecule has 1 aromatic carbocycles. The Kier molecular flexibility index (Phi) is 10.5. The number of rotatable bonds is 9. The summed E-state index contributed by atoms with van der Waals surface area (Å²) in [5.74, 6) is 2.57. The summed E-state index contributed by atoms with van der Waals surface area (Å²) < 4.78 is 7.42. The fourth-order valence-corrected chi connectivity index (χ4v) is 3.48. The second-order valence-corrected chi connectivity index (χ2v) is 7.78. The maximum Gasteiger partial charge on any atom is 0.191 e. The van der Waals surface area contributed by atoms with Crippen molar-refractivity contribution < 1.29 is 4.74 Å². The maximum atomic E-state index is 5.44. The van der Waals surface area contributed by atoms with Gasteiger partial charge in [0, 0.05) is 51.6 Å². The average Bonchev–Trinajstić information content (AvgIpc) is 3.33. The number of hydrogen-bond acceptors (Lipinski definition) is 5. The molecule has 1 aliphatic rings. The number of hydrogen-bond donors (Lipinski definition) is 2. The van der Waals surface area contributed by atoms with Crippen molar-refractivity contribution >= 4 is 35.6 Å². The van der Waals surface area contributed by atoms with E-state index in [4.69, 9.17) is 9.73 Å². The van der Waals surface area contributed by atoms with Gasteiger partial charge in [-0.3, -0.25) is 0 Å². The van der Waals surface area contributed by atoms with Crippen LogP contribution in [0.15, 0.2) is 29.3 Å². The van der Waals surface area contributed by atoms with Crippen molar-refractivity contribution in [2.24, 2.45) is 12.0 Å². The molecule has 2 N–H and O–H groups in total. The van der Waals surface area contributed by atoms with Crippen molar-refractivity contribution in [2.75, 3.05) is 37.7 Å². The van der Waals surface area contributed by atoms with Crippen LogP contribution in [-0.2, 0) is 18.3 Å². The summed E-state index contributed by atoms with van der Waals surface area (Å²) in [7, 11) is 1.97. The molecule has 31 heavy (non-hydrogen) atoms. The summed E-state index contributed by atoms with van der Waals surface area (Å²) in [4.78, 5) is 7.20. The molecular formula is C22H36IN7O. The molecule has 9 heteroatoms. The molecule has 2 aromatic rings. The van der Waals surface area contributed by atoms with E-state index < -0.39 is 0 Å². The van der Waals surface area contributed by atoms with Gasteiger partial charge in [0.05, 0.1) is 0 Å². The zero-order valence-corrected chi connectivity index (χ0v) is 21.4. The molecule has 8 nitrogen and oxygen atoms in total. The van der Waals surface area contributed by atoms with E-state index in [0.717, 1.165) is 63.3 Å². The minimum absolute atomic E-state index is 0. The van der Waals surface area contributed by atoms with Gasteiger partial charge in [0.15, 0.2) is 11.8 Å². The SMILES string of the molecule is CCOCCCNC(=NCc1nnc(C)n1C)NC1CCN(c2ccc(C)cc2)C1.I.